The minimum absolute atomic E-state index is 0.105. The van der Waals surface area contributed by atoms with Gasteiger partial charge in [0.1, 0.15) is 5.69 Å². The monoisotopic (exact) mass is 333 g/mol. The van der Waals surface area contributed by atoms with Gasteiger partial charge in [0.25, 0.3) is 5.91 Å². The first-order valence-corrected chi connectivity index (χ1v) is 8.34. The van der Waals surface area contributed by atoms with Crippen molar-refractivity contribution in [1.29, 1.82) is 0 Å². The maximum absolute atomic E-state index is 13.0. The lowest BCUT2D eigenvalue weighted by Gasteiger charge is -2.24. The van der Waals surface area contributed by atoms with E-state index >= 15 is 0 Å². The second-order valence-electron chi connectivity index (χ2n) is 6.43. The molecule has 0 spiro atoms. The standard InChI is InChI=1S/C16H23N5O3/c1-10(22)20-6-7-21(9-11(23)8-20)15(24)14-12-4-2-3-5-13(12)18-16(17)19-14/h11,23H,2-9H2,1H3,(H2,17,18,19)/t11-/m0/s1. The zero-order valence-electron chi connectivity index (χ0n) is 13.9. The number of rotatable bonds is 1. The highest BCUT2D eigenvalue weighted by molar-refractivity contribution is 5.94. The molecule has 3 N–H and O–H groups in total. The number of nitrogens with zero attached hydrogens (tertiary/aromatic N) is 4. The maximum atomic E-state index is 13.0. The average Bonchev–Trinajstić information content (AvgIpc) is 2.75. The van der Waals surface area contributed by atoms with Gasteiger partial charge in [0.05, 0.1) is 6.10 Å². The molecule has 1 aliphatic carbocycles. The van der Waals surface area contributed by atoms with Crippen LogP contribution in [0.5, 0.6) is 0 Å². The first-order valence-electron chi connectivity index (χ1n) is 8.34. The van der Waals surface area contributed by atoms with Gasteiger partial charge in [-0.2, -0.15) is 0 Å². The van der Waals surface area contributed by atoms with E-state index in [2.05, 4.69) is 9.97 Å². The molecular formula is C16H23N5O3. The summed E-state index contributed by atoms with van der Waals surface area (Å²) in [5, 5.41) is 10.1. The van der Waals surface area contributed by atoms with E-state index in [1.807, 2.05) is 0 Å². The molecule has 1 atom stereocenters. The van der Waals surface area contributed by atoms with E-state index in [0.717, 1.165) is 36.9 Å². The molecule has 130 valence electrons. The van der Waals surface area contributed by atoms with E-state index in [1.165, 1.54) is 6.92 Å². The molecule has 1 saturated heterocycles. The number of carbonyl (C=O) groups is 2. The van der Waals surface area contributed by atoms with Gasteiger partial charge < -0.3 is 20.6 Å². The van der Waals surface area contributed by atoms with E-state index in [9.17, 15) is 14.7 Å². The molecule has 0 saturated carbocycles. The number of aryl methyl sites for hydroxylation is 1. The van der Waals surface area contributed by atoms with Crippen molar-refractivity contribution in [2.45, 2.75) is 38.7 Å². The van der Waals surface area contributed by atoms with Crippen LogP contribution in [-0.4, -0.2) is 69.0 Å². The van der Waals surface area contributed by atoms with Crippen LogP contribution in [-0.2, 0) is 17.6 Å². The predicted molar refractivity (Wildman–Crippen MR) is 87.3 cm³/mol. The fourth-order valence-corrected chi connectivity index (χ4v) is 3.40. The minimum atomic E-state index is -0.768. The highest BCUT2D eigenvalue weighted by Crippen LogP contribution is 2.24. The molecule has 8 nitrogen and oxygen atoms in total. The largest absolute Gasteiger partial charge is 0.389 e. The van der Waals surface area contributed by atoms with Crippen LogP contribution >= 0.6 is 0 Å². The normalized spacial score (nSPS) is 21.2. The molecule has 0 aromatic carbocycles. The lowest BCUT2D eigenvalue weighted by molar-refractivity contribution is -0.129. The van der Waals surface area contributed by atoms with Crippen LogP contribution in [0.25, 0.3) is 0 Å². The summed E-state index contributed by atoms with van der Waals surface area (Å²) in [6, 6.07) is 0. The van der Waals surface area contributed by atoms with E-state index < -0.39 is 6.10 Å². The van der Waals surface area contributed by atoms with Crippen LogP contribution in [0.2, 0.25) is 0 Å². The summed E-state index contributed by atoms with van der Waals surface area (Å²) in [5.74, 6) is -0.238. The fraction of sp³-hybridized carbons (Fsp3) is 0.625. The second-order valence-corrected chi connectivity index (χ2v) is 6.43. The zero-order chi connectivity index (χ0) is 17.3. The van der Waals surface area contributed by atoms with Crippen molar-refractivity contribution in [3.8, 4) is 0 Å². The molecule has 24 heavy (non-hydrogen) atoms. The number of carbonyl (C=O) groups excluding carboxylic acids is 2. The van der Waals surface area contributed by atoms with Crippen LogP contribution in [0, 0.1) is 0 Å². The molecule has 2 amide bonds. The topological polar surface area (TPSA) is 113 Å². The maximum Gasteiger partial charge on any atom is 0.273 e. The van der Waals surface area contributed by atoms with Crippen molar-refractivity contribution in [3.63, 3.8) is 0 Å². The average molecular weight is 333 g/mol. The third-order valence-corrected chi connectivity index (χ3v) is 4.64. The summed E-state index contributed by atoms with van der Waals surface area (Å²) in [4.78, 5) is 36.1. The van der Waals surface area contributed by atoms with Crippen LogP contribution in [0.15, 0.2) is 0 Å². The predicted octanol–water partition coefficient (Wildman–Crippen LogP) is -0.397. The second kappa shape index (κ2) is 6.72. The number of fused-ring (bicyclic) bond motifs is 1. The van der Waals surface area contributed by atoms with Gasteiger partial charge in [0.15, 0.2) is 0 Å². The number of aromatic nitrogens is 2. The highest BCUT2D eigenvalue weighted by atomic mass is 16.3. The number of hydrogen-bond acceptors (Lipinski definition) is 6. The summed E-state index contributed by atoms with van der Waals surface area (Å²) >= 11 is 0. The lowest BCUT2D eigenvalue weighted by Crippen LogP contribution is -2.39. The summed E-state index contributed by atoms with van der Waals surface area (Å²) in [5.41, 5.74) is 7.86. The molecule has 1 aliphatic heterocycles. The van der Waals surface area contributed by atoms with Gasteiger partial charge in [-0.3, -0.25) is 9.59 Å². The van der Waals surface area contributed by atoms with Gasteiger partial charge in [-0.15, -0.1) is 0 Å². The van der Waals surface area contributed by atoms with E-state index in [1.54, 1.807) is 9.80 Å². The lowest BCUT2D eigenvalue weighted by atomic mass is 9.94. The van der Waals surface area contributed by atoms with Gasteiger partial charge in [0.2, 0.25) is 11.9 Å². The Kier molecular flexibility index (Phi) is 4.66. The van der Waals surface area contributed by atoms with Crippen LogP contribution in [0.3, 0.4) is 0 Å². The van der Waals surface area contributed by atoms with Crippen LogP contribution in [0.4, 0.5) is 5.95 Å². The highest BCUT2D eigenvalue weighted by Gasteiger charge is 2.30. The Morgan fingerprint density at radius 2 is 1.79 bits per heavy atom. The van der Waals surface area contributed by atoms with Gasteiger partial charge in [0, 0.05) is 44.4 Å². The summed E-state index contributed by atoms with van der Waals surface area (Å²) in [6.07, 6.45) is 2.85. The molecule has 1 aromatic heterocycles. The molecule has 2 heterocycles. The number of hydrogen-bond donors (Lipinski definition) is 2. The SMILES string of the molecule is CC(=O)N1CCN(C(=O)c2nc(N)nc3c2CCCC3)C[C@@H](O)C1. The molecule has 1 aromatic rings. The van der Waals surface area contributed by atoms with Crippen LogP contribution in [0.1, 0.15) is 41.5 Å². The molecule has 1 fully saturated rings. The Bertz CT molecular complexity index is 663. The van der Waals surface area contributed by atoms with Gasteiger partial charge in [-0.05, 0) is 25.7 Å². The van der Waals surface area contributed by atoms with Crippen molar-refractivity contribution < 1.29 is 14.7 Å². The number of aliphatic hydroxyl groups excluding tert-OH is 1. The fourth-order valence-electron chi connectivity index (χ4n) is 3.40. The Balaban J connectivity index is 1.86. The molecule has 0 unspecified atom stereocenters. The summed E-state index contributed by atoms with van der Waals surface area (Å²) in [7, 11) is 0. The third-order valence-electron chi connectivity index (χ3n) is 4.64. The number of anilines is 1. The smallest absolute Gasteiger partial charge is 0.273 e. The molecule has 0 bridgehead atoms. The minimum Gasteiger partial charge on any atom is -0.389 e. The molecule has 2 aliphatic rings. The number of amides is 2. The molecular weight excluding hydrogens is 310 g/mol. The van der Waals surface area contributed by atoms with Crippen molar-refractivity contribution >= 4 is 17.8 Å². The first-order chi connectivity index (χ1) is 11.5. The first kappa shape index (κ1) is 16.6. The van der Waals surface area contributed by atoms with Gasteiger partial charge in [-0.1, -0.05) is 0 Å². The van der Waals surface area contributed by atoms with E-state index in [4.69, 9.17) is 5.73 Å². The van der Waals surface area contributed by atoms with Crippen molar-refractivity contribution in [2.75, 3.05) is 31.9 Å². The van der Waals surface area contributed by atoms with E-state index in [-0.39, 0.29) is 30.9 Å². The van der Waals surface area contributed by atoms with Crippen molar-refractivity contribution in [2.24, 2.45) is 0 Å². The number of β-amino-alcohol motifs (C(OH)–C–C–N with tert-alkyl or cyclic N) is 1. The number of nitrogen functional groups attached to an aromatic ring is 1. The molecule has 0 radical (unpaired) electrons. The molecule has 3 rings (SSSR count). The quantitative estimate of drug-likeness (QED) is 0.723. The Hall–Kier alpha value is -2.22. The Labute approximate surface area is 140 Å². The van der Waals surface area contributed by atoms with Crippen molar-refractivity contribution in [1.82, 2.24) is 19.8 Å². The molecule has 8 heteroatoms. The van der Waals surface area contributed by atoms with E-state index in [0.29, 0.717) is 18.8 Å². The van der Waals surface area contributed by atoms with Gasteiger partial charge in [-0.25, -0.2) is 9.97 Å². The van der Waals surface area contributed by atoms with Crippen LogP contribution < -0.4 is 5.73 Å². The number of nitrogens with two attached hydrogens (primary N) is 1. The van der Waals surface area contributed by atoms with Gasteiger partial charge >= 0.3 is 0 Å². The zero-order valence-corrected chi connectivity index (χ0v) is 13.9. The number of aliphatic hydroxyl groups is 1. The Morgan fingerprint density at radius 1 is 1.12 bits per heavy atom. The summed E-state index contributed by atoms with van der Waals surface area (Å²) in [6.45, 7) is 2.66. The third kappa shape index (κ3) is 3.33. The van der Waals surface area contributed by atoms with Crippen molar-refractivity contribution in [3.05, 3.63) is 17.0 Å². The Morgan fingerprint density at radius 3 is 2.54 bits per heavy atom. The summed E-state index contributed by atoms with van der Waals surface area (Å²) < 4.78 is 0.